The van der Waals surface area contributed by atoms with E-state index in [-0.39, 0.29) is 5.82 Å². The van der Waals surface area contributed by atoms with Crippen LogP contribution in [0.5, 0.6) is 0 Å². The molecule has 1 rings (SSSR count). The Kier molecular flexibility index (Phi) is 4.11. The van der Waals surface area contributed by atoms with E-state index in [1.165, 1.54) is 6.07 Å². The van der Waals surface area contributed by atoms with Crippen LogP contribution >= 0.6 is 0 Å². The predicted molar refractivity (Wildman–Crippen MR) is 56.9 cm³/mol. The lowest BCUT2D eigenvalue weighted by atomic mass is 10.3. The second kappa shape index (κ2) is 5.17. The van der Waals surface area contributed by atoms with Gasteiger partial charge in [0.2, 0.25) is 0 Å². The molecule has 0 aliphatic carbocycles. The second-order valence-corrected chi connectivity index (χ2v) is 3.37. The van der Waals surface area contributed by atoms with E-state index >= 15 is 0 Å². The van der Waals surface area contributed by atoms with Crippen molar-refractivity contribution in [3.63, 3.8) is 0 Å². The van der Waals surface area contributed by atoms with Crippen LogP contribution in [0.2, 0.25) is 0 Å². The molecule has 96 valence electrons. The van der Waals surface area contributed by atoms with E-state index < -0.39 is 18.8 Å². The molecule has 0 spiro atoms. The molecule has 0 radical (unpaired) electrons. The number of halogens is 3. The number of aryl methyl sites for hydroxylation is 1. The van der Waals surface area contributed by atoms with Crippen molar-refractivity contribution in [2.75, 3.05) is 24.2 Å². The van der Waals surface area contributed by atoms with E-state index in [2.05, 4.69) is 20.6 Å². The van der Waals surface area contributed by atoms with E-state index in [9.17, 15) is 13.2 Å². The third kappa shape index (κ3) is 4.06. The number of aliphatic hydroxyl groups excluding tert-OH is 1. The molecule has 0 fully saturated rings. The van der Waals surface area contributed by atoms with Crippen molar-refractivity contribution in [1.82, 2.24) is 9.97 Å². The number of nitrogens with zero attached hydrogens (tertiary/aromatic N) is 2. The van der Waals surface area contributed by atoms with Crippen LogP contribution in [-0.2, 0) is 0 Å². The van der Waals surface area contributed by atoms with Gasteiger partial charge in [-0.05, 0) is 6.92 Å². The lowest BCUT2D eigenvalue weighted by Crippen LogP contribution is -2.35. The third-order valence-electron chi connectivity index (χ3n) is 1.95. The van der Waals surface area contributed by atoms with Gasteiger partial charge in [0.15, 0.2) is 6.10 Å². The van der Waals surface area contributed by atoms with Gasteiger partial charge in [-0.2, -0.15) is 13.2 Å². The monoisotopic (exact) mass is 250 g/mol. The molecule has 0 aromatic carbocycles. The average molecular weight is 250 g/mol. The first-order valence-electron chi connectivity index (χ1n) is 4.85. The Morgan fingerprint density at radius 2 is 1.94 bits per heavy atom. The van der Waals surface area contributed by atoms with Crippen molar-refractivity contribution in [1.29, 1.82) is 0 Å². The van der Waals surface area contributed by atoms with Gasteiger partial charge in [-0.15, -0.1) is 0 Å². The average Bonchev–Trinajstić information content (AvgIpc) is 2.23. The number of rotatable bonds is 4. The molecule has 0 aliphatic heterocycles. The van der Waals surface area contributed by atoms with Crippen molar-refractivity contribution in [3.05, 3.63) is 11.9 Å². The highest BCUT2D eigenvalue weighted by molar-refractivity contribution is 5.47. The zero-order chi connectivity index (χ0) is 13.1. The Labute approximate surface area is 96.1 Å². The van der Waals surface area contributed by atoms with Crippen LogP contribution in [0, 0.1) is 6.92 Å². The van der Waals surface area contributed by atoms with Crippen molar-refractivity contribution in [2.45, 2.75) is 19.2 Å². The van der Waals surface area contributed by atoms with Gasteiger partial charge in [-0.3, -0.25) is 0 Å². The number of aromatic nitrogens is 2. The summed E-state index contributed by atoms with van der Waals surface area (Å²) in [5, 5.41) is 14.0. The largest absolute Gasteiger partial charge is 0.416 e. The Hall–Kier alpha value is -1.57. The minimum atomic E-state index is -4.64. The highest BCUT2D eigenvalue weighted by Crippen LogP contribution is 2.20. The maximum atomic E-state index is 12.0. The van der Waals surface area contributed by atoms with Crippen LogP contribution < -0.4 is 10.6 Å². The van der Waals surface area contributed by atoms with Crippen molar-refractivity contribution in [2.24, 2.45) is 0 Å². The van der Waals surface area contributed by atoms with E-state index in [4.69, 9.17) is 5.11 Å². The summed E-state index contributed by atoms with van der Waals surface area (Å²) >= 11 is 0. The molecule has 0 aliphatic rings. The van der Waals surface area contributed by atoms with E-state index in [0.717, 1.165) is 0 Å². The Morgan fingerprint density at radius 3 is 2.47 bits per heavy atom. The van der Waals surface area contributed by atoms with Gasteiger partial charge in [0.05, 0.1) is 6.54 Å². The normalized spacial score (nSPS) is 13.3. The lowest BCUT2D eigenvalue weighted by Gasteiger charge is -2.15. The first-order chi connectivity index (χ1) is 7.82. The third-order valence-corrected chi connectivity index (χ3v) is 1.95. The van der Waals surface area contributed by atoms with Crippen LogP contribution in [-0.4, -0.2) is 40.9 Å². The number of alkyl halides is 3. The standard InChI is InChI=1S/C9H13F3N4O/c1-5-15-7(13-2)3-8(16-5)14-4-6(17)9(10,11)12/h3,6,17H,4H2,1-2H3,(H2,13,14,15,16). The van der Waals surface area contributed by atoms with E-state index in [1.54, 1.807) is 14.0 Å². The van der Waals surface area contributed by atoms with Crippen LogP contribution in [0.15, 0.2) is 6.07 Å². The zero-order valence-corrected chi connectivity index (χ0v) is 9.34. The maximum absolute atomic E-state index is 12.0. The molecule has 17 heavy (non-hydrogen) atoms. The lowest BCUT2D eigenvalue weighted by molar-refractivity contribution is -0.198. The molecule has 1 atom stereocenters. The molecular formula is C9H13F3N4O. The highest BCUT2D eigenvalue weighted by Gasteiger charge is 2.37. The van der Waals surface area contributed by atoms with Gasteiger partial charge in [0, 0.05) is 13.1 Å². The van der Waals surface area contributed by atoms with Gasteiger partial charge in [-0.25, -0.2) is 9.97 Å². The van der Waals surface area contributed by atoms with Crippen LogP contribution in [0.4, 0.5) is 24.8 Å². The molecular weight excluding hydrogens is 237 g/mol. The second-order valence-electron chi connectivity index (χ2n) is 3.37. The maximum Gasteiger partial charge on any atom is 0.416 e. The van der Waals surface area contributed by atoms with Crippen molar-refractivity contribution >= 4 is 11.6 Å². The van der Waals surface area contributed by atoms with Gasteiger partial charge >= 0.3 is 6.18 Å². The molecule has 1 heterocycles. The Morgan fingerprint density at radius 1 is 1.35 bits per heavy atom. The van der Waals surface area contributed by atoms with Gasteiger partial charge in [0.25, 0.3) is 0 Å². The van der Waals surface area contributed by atoms with Gasteiger partial charge in [0.1, 0.15) is 17.5 Å². The number of anilines is 2. The molecule has 3 N–H and O–H groups in total. The summed E-state index contributed by atoms with van der Waals surface area (Å²) in [6.07, 6.45) is -7.06. The smallest absolute Gasteiger partial charge is 0.382 e. The molecule has 0 amide bonds. The van der Waals surface area contributed by atoms with Crippen LogP contribution in [0.25, 0.3) is 0 Å². The van der Waals surface area contributed by atoms with E-state index in [1.807, 2.05) is 0 Å². The molecule has 0 bridgehead atoms. The Bertz CT molecular complexity index is 383. The molecule has 0 saturated heterocycles. The number of hydrogen-bond acceptors (Lipinski definition) is 5. The van der Waals surface area contributed by atoms with Crippen molar-refractivity contribution in [3.8, 4) is 0 Å². The number of nitrogens with one attached hydrogen (secondary N) is 2. The summed E-state index contributed by atoms with van der Waals surface area (Å²) in [6, 6.07) is 1.45. The topological polar surface area (TPSA) is 70.1 Å². The first kappa shape index (κ1) is 13.5. The first-order valence-corrected chi connectivity index (χ1v) is 4.85. The highest BCUT2D eigenvalue weighted by atomic mass is 19.4. The minimum absolute atomic E-state index is 0.227. The predicted octanol–water partition coefficient (Wildman–Crippen LogP) is 1.16. The SMILES string of the molecule is CNc1cc(NCC(O)C(F)(F)F)nc(C)n1. The molecule has 0 saturated carbocycles. The minimum Gasteiger partial charge on any atom is -0.382 e. The number of aliphatic hydroxyl groups is 1. The fourth-order valence-electron chi connectivity index (χ4n) is 1.10. The Balaban J connectivity index is 2.66. The fourth-order valence-corrected chi connectivity index (χ4v) is 1.10. The molecule has 1 aromatic rings. The summed E-state index contributed by atoms with van der Waals surface area (Å²) < 4.78 is 36.1. The summed E-state index contributed by atoms with van der Waals surface area (Å²) in [5.74, 6) is 1.13. The van der Waals surface area contributed by atoms with Crippen molar-refractivity contribution < 1.29 is 18.3 Å². The molecule has 8 heteroatoms. The van der Waals surface area contributed by atoms with Crippen LogP contribution in [0.3, 0.4) is 0 Å². The summed E-state index contributed by atoms with van der Waals surface area (Å²) in [7, 11) is 1.64. The van der Waals surface area contributed by atoms with Crippen LogP contribution in [0.1, 0.15) is 5.82 Å². The zero-order valence-electron chi connectivity index (χ0n) is 9.34. The summed E-state index contributed by atoms with van der Waals surface area (Å²) in [5.41, 5.74) is 0. The summed E-state index contributed by atoms with van der Waals surface area (Å²) in [6.45, 7) is 0.968. The van der Waals surface area contributed by atoms with Gasteiger partial charge < -0.3 is 15.7 Å². The molecule has 5 nitrogen and oxygen atoms in total. The molecule has 1 unspecified atom stereocenters. The van der Waals surface area contributed by atoms with E-state index in [0.29, 0.717) is 11.6 Å². The number of hydrogen-bond donors (Lipinski definition) is 3. The van der Waals surface area contributed by atoms with Gasteiger partial charge in [-0.1, -0.05) is 0 Å². The fraction of sp³-hybridized carbons (Fsp3) is 0.556. The quantitative estimate of drug-likeness (QED) is 0.748. The molecule has 1 aromatic heterocycles. The summed E-state index contributed by atoms with van der Waals surface area (Å²) in [4.78, 5) is 7.88.